The zero-order valence-corrected chi connectivity index (χ0v) is 12.5. The van der Waals surface area contributed by atoms with Crippen LogP contribution in [0.25, 0.3) is 0 Å². The number of anilines is 1. The Bertz CT molecular complexity index is 445. The number of hydrogen-bond acceptors (Lipinski definition) is 3. The summed E-state index contributed by atoms with van der Waals surface area (Å²) < 4.78 is 0.887. The molecule has 1 aliphatic rings. The van der Waals surface area contributed by atoms with Crippen molar-refractivity contribution in [3.05, 3.63) is 31.9 Å². The van der Waals surface area contributed by atoms with E-state index >= 15 is 0 Å². The molecule has 0 saturated heterocycles. The number of halogens is 1. The molecular weight excluding hydrogens is 343 g/mol. The van der Waals surface area contributed by atoms with E-state index in [0.29, 0.717) is 17.6 Å². The fourth-order valence-corrected chi connectivity index (χ4v) is 3.07. The van der Waals surface area contributed by atoms with Gasteiger partial charge in [-0.3, -0.25) is 10.1 Å². The van der Waals surface area contributed by atoms with Crippen LogP contribution < -0.4 is 5.32 Å². The Morgan fingerprint density at radius 1 is 1.44 bits per heavy atom. The van der Waals surface area contributed by atoms with E-state index in [-0.39, 0.29) is 10.6 Å². The molecule has 0 spiro atoms. The Kier molecular flexibility index (Phi) is 4.42. The van der Waals surface area contributed by atoms with Gasteiger partial charge in [-0.1, -0.05) is 12.8 Å². The van der Waals surface area contributed by atoms with Gasteiger partial charge >= 0.3 is 0 Å². The summed E-state index contributed by atoms with van der Waals surface area (Å²) in [5.41, 5.74) is 0.812. The molecule has 1 aliphatic carbocycles. The second-order valence-electron chi connectivity index (χ2n) is 4.90. The first-order chi connectivity index (χ1) is 8.58. The minimum absolute atomic E-state index is 0.173. The van der Waals surface area contributed by atoms with Gasteiger partial charge < -0.3 is 5.32 Å². The van der Waals surface area contributed by atoms with Gasteiger partial charge in [0.05, 0.1) is 4.92 Å². The number of nitrogens with zero attached hydrogens (tertiary/aromatic N) is 1. The van der Waals surface area contributed by atoms with Crippen LogP contribution in [0.1, 0.15) is 32.6 Å². The van der Waals surface area contributed by atoms with Crippen LogP contribution >= 0.6 is 22.6 Å². The third-order valence-corrected chi connectivity index (χ3v) is 4.32. The minimum atomic E-state index is -0.314. The molecule has 0 aliphatic heterocycles. The Balaban J connectivity index is 2.15. The Hall–Kier alpha value is -0.850. The van der Waals surface area contributed by atoms with Gasteiger partial charge in [-0.2, -0.15) is 0 Å². The maximum absolute atomic E-state index is 11.0. The van der Waals surface area contributed by atoms with Gasteiger partial charge in [-0.15, -0.1) is 0 Å². The van der Waals surface area contributed by atoms with E-state index < -0.39 is 0 Å². The lowest BCUT2D eigenvalue weighted by atomic mass is 9.99. The van der Waals surface area contributed by atoms with Crippen LogP contribution in [0.2, 0.25) is 0 Å². The molecule has 0 aromatic heterocycles. The summed E-state index contributed by atoms with van der Waals surface area (Å²) in [6, 6.07) is 5.62. The molecule has 0 amide bonds. The Morgan fingerprint density at radius 2 is 2.11 bits per heavy atom. The third kappa shape index (κ3) is 3.13. The molecule has 0 heterocycles. The standard InChI is InChI=1S/C13H17IN2O2/c1-9(10-4-2-3-5-10)15-12-7-6-11(14)8-13(12)16(17)18/h6-10,15H,2-5H2,1H3. The van der Waals surface area contributed by atoms with E-state index in [9.17, 15) is 10.1 Å². The molecular formula is C13H17IN2O2. The first kappa shape index (κ1) is 13.6. The van der Waals surface area contributed by atoms with Gasteiger partial charge in [0, 0.05) is 15.7 Å². The average Bonchev–Trinajstić information content (AvgIpc) is 2.84. The molecule has 18 heavy (non-hydrogen) atoms. The van der Waals surface area contributed by atoms with E-state index in [1.807, 2.05) is 12.1 Å². The summed E-state index contributed by atoms with van der Waals surface area (Å²) in [6.07, 6.45) is 5.02. The average molecular weight is 360 g/mol. The van der Waals surface area contributed by atoms with Crippen molar-refractivity contribution >= 4 is 34.0 Å². The number of benzene rings is 1. The van der Waals surface area contributed by atoms with Crippen molar-refractivity contribution in [2.45, 2.75) is 38.6 Å². The van der Waals surface area contributed by atoms with Crippen molar-refractivity contribution in [3.63, 3.8) is 0 Å². The SMILES string of the molecule is CC(Nc1ccc(I)cc1[N+](=O)[O-])C1CCCC1. The van der Waals surface area contributed by atoms with Gasteiger partial charge in [0.1, 0.15) is 5.69 Å². The highest BCUT2D eigenvalue weighted by Gasteiger charge is 2.23. The van der Waals surface area contributed by atoms with E-state index in [4.69, 9.17) is 0 Å². The summed E-state index contributed by atoms with van der Waals surface area (Å²) >= 11 is 2.10. The molecule has 0 bridgehead atoms. The summed E-state index contributed by atoms with van der Waals surface area (Å²) in [4.78, 5) is 10.7. The van der Waals surface area contributed by atoms with Gasteiger partial charge in [0.25, 0.3) is 5.69 Å². The lowest BCUT2D eigenvalue weighted by Gasteiger charge is -2.21. The summed E-state index contributed by atoms with van der Waals surface area (Å²) in [7, 11) is 0. The van der Waals surface area contributed by atoms with Crippen LogP contribution in [0.5, 0.6) is 0 Å². The number of nitro groups is 1. The molecule has 1 aromatic rings. The van der Waals surface area contributed by atoms with Crippen molar-refractivity contribution < 1.29 is 4.92 Å². The number of hydrogen-bond donors (Lipinski definition) is 1. The molecule has 1 saturated carbocycles. The molecule has 1 unspecified atom stereocenters. The van der Waals surface area contributed by atoms with Gasteiger partial charge in [0.15, 0.2) is 0 Å². The highest BCUT2D eigenvalue weighted by atomic mass is 127. The van der Waals surface area contributed by atoms with Crippen molar-refractivity contribution in [1.29, 1.82) is 0 Å². The van der Waals surface area contributed by atoms with Crippen LogP contribution in [0.3, 0.4) is 0 Å². The number of rotatable bonds is 4. The predicted molar refractivity (Wildman–Crippen MR) is 80.9 cm³/mol. The quantitative estimate of drug-likeness (QED) is 0.498. The van der Waals surface area contributed by atoms with Gasteiger partial charge in [-0.25, -0.2) is 0 Å². The number of nitro benzene ring substituents is 1. The molecule has 1 atom stereocenters. The van der Waals surface area contributed by atoms with Crippen LogP contribution in [-0.4, -0.2) is 11.0 Å². The van der Waals surface area contributed by atoms with E-state index in [2.05, 4.69) is 34.8 Å². The zero-order chi connectivity index (χ0) is 13.1. The van der Waals surface area contributed by atoms with Crippen molar-refractivity contribution in [2.24, 2.45) is 5.92 Å². The van der Waals surface area contributed by atoms with Crippen molar-refractivity contribution in [3.8, 4) is 0 Å². The molecule has 0 radical (unpaired) electrons. The topological polar surface area (TPSA) is 55.2 Å². The van der Waals surface area contributed by atoms with E-state index in [0.717, 1.165) is 3.57 Å². The zero-order valence-electron chi connectivity index (χ0n) is 10.4. The summed E-state index contributed by atoms with van der Waals surface area (Å²) in [5, 5.41) is 14.4. The first-order valence-corrected chi connectivity index (χ1v) is 7.36. The normalized spacial score (nSPS) is 17.7. The third-order valence-electron chi connectivity index (χ3n) is 3.65. The maximum atomic E-state index is 11.0. The monoisotopic (exact) mass is 360 g/mol. The highest BCUT2D eigenvalue weighted by Crippen LogP contribution is 2.32. The first-order valence-electron chi connectivity index (χ1n) is 6.28. The van der Waals surface area contributed by atoms with E-state index in [1.165, 1.54) is 25.7 Å². The van der Waals surface area contributed by atoms with Crippen molar-refractivity contribution in [1.82, 2.24) is 0 Å². The second-order valence-corrected chi connectivity index (χ2v) is 6.14. The predicted octanol–water partition coefficient (Wildman–Crippen LogP) is 4.19. The maximum Gasteiger partial charge on any atom is 0.293 e. The molecule has 4 nitrogen and oxygen atoms in total. The summed E-state index contributed by atoms with van der Waals surface area (Å²) in [5.74, 6) is 0.642. The Labute approximate surface area is 120 Å². The largest absolute Gasteiger partial charge is 0.377 e. The fourth-order valence-electron chi connectivity index (χ4n) is 2.60. The van der Waals surface area contributed by atoms with Crippen molar-refractivity contribution in [2.75, 3.05) is 5.32 Å². The second kappa shape index (κ2) is 5.86. The smallest absolute Gasteiger partial charge is 0.293 e. The van der Waals surface area contributed by atoms with Crippen LogP contribution in [0.15, 0.2) is 18.2 Å². The minimum Gasteiger partial charge on any atom is -0.377 e. The number of nitrogens with one attached hydrogen (secondary N) is 1. The van der Waals surface area contributed by atoms with Crippen LogP contribution in [-0.2, 0) is 0 Å². The molecule has 2 rings (SSSR count). The molecule has 1 fully saturated rings. The van der Waals surface area contributed by atoms with Crippen LogP contribution in [0, 0.1) is 19.6 Å². The lowest BCUT2D eigenvalue weighted by molar-refractivity contribution is -0.384. The summed E-state index contributed by atoms with van der Waals surface area (Å²) in [6.45, 7) is 2.12. The molecule has 1 N–H and O–H groups in total. The van der Waals surface area contributed by atoms with Gasteiger partial charge in [0.2, 0.25) is 0 Å². The lowest BCUT2D eigenvalue weighted by Crippen LogP contribution is -2.24. The van der Waals surface area contributed by atoms with E-state index in [1.54, 1.807) is 6.07 Å². The Morgan fingerprint density at radius 3 is 2.72 bits per heavy atom. The van der Waals surface area contributed by atoms with Gasteiger partial charge in [-0.05, 0) is 60.4 Å². The molecule has 5 heteroatoms. The fraction of sp³-hybridized carbons (Fsp3) is 0.538. The van der Waals surface area contributed by atoms with Crippen LogP contribution in [0.4, 0.5) is 11.4 Å². The molecule has 98 valence electrons. The molecule has 1 aromatic carbocycles. The highest BCUT2D eigenvalue weighted by molar-refractivity contribution is 14.1.